The summed E-state index contributed by atoms with van der Waals surface area (Å²) in [5, 5.41) is 0. The Morgan fingerprint density at radius 1 is 0.938 bits per heavy atom. The lowest BCUT2D eigenvalue weighted by molar-refractivity contribution is -0.137. The molecule has 0 bridgehead atoms. The van der Waals surface area contributed by atoms with E-state index in [1.165, 1.54) is 0 Å². The van der Waals surface area contributed by atoms with Gasteiger partial charge in [-0.1, -0.05) is 18.2 Å². The van der Waals surface area contributed by atoms with Gasteiger partial charge in [-0.15, -0.1) is 0 Å². The van der Waals surface area contributed by atoms with Gasteiger partial charge < -0.3 is 19.3 Å². The predicted molar refractivity (Wildman–Crippen MR) is 120 cm³/mol. The fraction of sp³-hybridized carbons (Fsp3) is 0.333. The zero-order valence-electron chi connectivity index (χ0n) is 18.1. The molecule has 2 aliphatic heterocycles. The molecule has 1 saturated heterocycles. The third kappa shape index (κ3) is 3.62. The Kier molecular flexibility index (Phi) is 5.34. The van der Waals surface area contributed by atoms with E-state index in [2.05, 4.69) is 14.9 Å². The van der Waals surface area contributed by atoms with Gasteiger partial charge in [0.15, 0.2) is 6.04 Å². The van der Waals surface area contributed by atoms with Gasteiger partial charge in [0.1, 0.15) is 0 Å². The van der Waals surface area contributed by atoms with Crippen molar-refractivity contribution in [1.29, 1.82) is 0 Å². The molecule has 1 aromatic carbocycles. The van der Waals surface area contributed by atoms with E-state index in [0.717, 1.165) is 30.2 Å². The topological polar surface area (TPSA) is 74.6 Å². The molecule has 8 nitrogen and oxygen atoms in total. The SMILES string of the molecule is Cn1cnc2c1[C@H](C(=O)N1CCN(c3ccncc3)CC1)N(C(=O)c1ccccc1)CC2. The highest BCUT2D eigenvalue weighted by Crippen LogP contribution is 2.32. The maximum atomic E-state index is 13.8. The number of hydrogen-bond acceptors (Lipinski definition) is 5. The molecule has 2 aromatic heterocycles. The summed E-state index contributed by atoms with van der Waals surface area (Å²) >= 11 is 0. The summed E-state index contributed by atoms with van der Waals surface area (Å²) in [5.41, 5.74) is 3.43. The van der Waals surface area contributed by atoms with Crippen LogP contribution in [0, 0.1) is 0 Å². The summed E-state index contributed by atoms with van der Waals surface area (Å²) in [6.45, 7) is 3.18. The number of amides is 2. The minimum absolute atomic E-state index is 0.0341. The van der Waals surface area contributed by atoms with Gasteiger partial charge in [-0.3, -0.25) is 14.6 Å². The molecule has 3 aromatic rings. The number of fused-ring (bicyclic) bond motifs is 1. The standard InChI is InChI=1S/C24H26N6O2/c1-27-17-26-20-9-12-30(23(31)18-5-3-2-4-6-18)22(21(20)27)24(32)29-15-13-28(14-16-29)19-7-10-25-11-8-19/h2-8,10-11,17,22H,9,12-16H2,1H3/t22-/m1/s1. The Labute approximate surface area is 187 Å². The third-order valence-electron chi connectivity index (χ3n) is 6.36. The number of benzene rings is 1. The fourth-order valence-corrected chi connectivity index (χ4v) is 4.66. The van der Waals surface area contributed by atoms with Crippen molar-refractivity contribution in [3.05, 3.63) is 78.1 Å². The van der Waals surface area contributed by atoms with E-state index >= 15 is 0 Å². The van der Waals surface area contributed by atoms with E-state index in [4.69, 9.17) is 0 Å². The average Bonchev–Trinajstić information content (AvgIpc) is 3.24. The number of rotatable bonds is 3. The van der Waals surface area contributed by atoms with Crippen LogP contribution in [0.5, 0.6) is 0 Å². The van der Waals surface area contributed by atoms with Crippen molar-refractivity contribution in [2.24, 2.45) is 7.05 Å². The number of anilines is 1. The maximum Gasteiger partial charge on any atom is 0.254 e. The molecule has 2 amide bonds. The molecule has 8 heteroatoms. The first-order chi connectivity index (χ1) is 15.6. The van der Waals surface area contributed by atoms with Crippen LogP contribution in [0.3, 0.4) is 0 Å². The summed E-state index contributed by atoms with van der Waals surface area (Å²) in [5.74, 6) is -0.153. The number of piperazine rings is 1. The van der Waals surface area contributed by atoms with Gasteiger partial charge in [0.25, 0.3) is 11.8 Å². The maximum absolute atomic E-state index is 13.8. The quantitative estimate of drug-likeness (QED) is 0.635. The molecule has 0 saturated carbocycles. The van der Waals surface area contributed by atoms with Gasteiger partial charge in [0, 0.05) is 69.8 Å². The molecule has 5 rings (SSSR count). The summed E-state index contributed by atoms with van der Waals surface area (Å²) in [7, 11) is 1.89. The molecule has 0 N–H and O–H groups in total. The molecular formula is C24H26N6O2. The van der Waals surface area contributed by atoms with Crippen molar-refractivity contribution in [3.63, 3.8) is 0 Å². The van der Waals surface area contributed by atoms with Crippen molar-refractivity contribution in [2.75, 3.05) is 37.6 Å². The number of aryl methyl sites for hydroxylation is 1. The molecule has 1 atom stereocenters. The largest absolute Gasteiger partial charge is 0.368 e. The highest BCUT2D eigenvalue weighted by molar-refractivity contribution is 5.98. The number of aromatic nitrogens is 3. The zero-order chi connectivity index (χ0) is 22.1. The van der Waals surface area contributed by atoms with Crippen LogP contribution < -0.4 is 4.90 Å². The number of nitrogens with zero attached hydrogens (tertiary/aromatic N) is 6. The Morgan fingerprint density at radius 3 is 2.38 bits per heavy atom. The van der Waals surface area contributed by atoms with E-state index < -0.39 is 6.04 Å². The van der Waals surface area contributed by atoms with Crippen LogP contribution in [-0.2, 0) is 18.3 Å². The molecular weight excluding hydrogens is 404 g/mol. The summed E-state index contributed by atoms with van der Waals surface area (Å²) in [6.07, 6.45) is 5.95. The second-order valence-electron chi connectivity index (χ2n) is 8.22. The number of pyridine rings is 1. The van der Waals surface area contributed by atoms with Crippen molar-refractivity contribution in [1.82, 2.24) is 24.3 Å². The van der Waals surface area contributed by atoms with E-state index in [0.29, 0.717) is 31.6 Å². The fourth-order valence-electron chi connectivity index (χ4n) is 4.66. The Morgan fingerprint density at radius 2 is 1.66 bits per heavy atom. The molecule has 0 aliphatic carbocycles. The van der Waals surface area contributed by atoms with Crippen LogP contribution in [0.4, 0.5) is 5.69 Å². The minimum atomic E-state index is -0.661. The van der Waals surface area contributed by atoms with E-state index in [1.54, 1.807) is 35.8 Å². The van der Waals surface area contributed by atoms with Gasteiger partial charge >= 0.3 is 0 Å². The second-order valence-corrected chi connectivity index (χ2v) is 8.22. The van der Waals surface area contributed by atoms with E-state index in [-0.39, 0.29) is 11.8 Å². The molecule has 164 valence electrons. The number of imidazole rings is 1. The van der Waals surface area contributed by atoms with Crippen LogP contribution in [0.15, 0.2) is 61.2 Å². The van der Waals surface area contributed by atoms with Gasteiger partial charge in [0.2, 0.25) is 0 Å². The van der Waals surface area contributed by atoms with Crippen LogP contribution in [-0.4, -0.2) is 68.9 Å². The first-order valence-electron chi connectivity index (χ1n) is 10.9. The summed E-state index contributed by atoms with van der Waals surface area (Å²) in [6, 6.07) is 12.5. The first kappa shape index (κ1) is 20.2. The molecule has 0 spiro atoms. The lowest BCUT2D eigenvalue weighted by Gasteiger charge is -2.41. The van der Waals surface area contributed by atoms with Crippen molar-refractivity contribution >= 4 is 17.5 Å². The molecule has 4 heterocycles. The molecule has 2 aliphatic rings. The van der Waals surface area contributed by atoms with Crippen molar-refractivity contribution < 1.29 is 9.59 Å². The van der Waals surface area contributed by atoms with Gasteiger partial charge in [-0.25, -0.2) is 4.98 Å². The number of carbonyl (C=O) groups excluding carboxylic acids is 2. The van der Waals surface area contributed by atoms with Gasteiger partial charge in [-0.2, -0.15) is 0 Å². The van der Waals surface area contributed by atoms with Crippen LogP contribution in [0.2, 0.25) is 0 Å². The van der Waals surface area contributed by atoms with Crippen LogP contribution >= 0.6 is 0 Å². The summed E-state index contributed by atoms with van der Waals surface area (Å²) < 4.78 is 1.88. The van der Waals surface area contributed by atoms with Gasteiger partial charge in [0.05, 0.1) is 17.7 Å². The Balaban J connectivity index is 1.40. The zero-order valence-corrected chi connectivity index (χ0v) is 18.1. The average molecular weight is 431 g/mol. The normalized spacial score (nSPS) is 18.4. The van der Waals surface area contributed by atoms with Gasteiger partial charge in [-0.05, 0) is 24.3 Å². The Bertz CT molecular complexity index is 1110. The lowest BCUT2D eigenvalue weighted by Crippen LogP contribution is -2.54. The molecule has 32 heavy (non-hydrogen) atoms. The van der Waals surface area contributed by atoms with Crippen LogP contribution in [0.25, 0.3) is 0 Å². The third-order valence-corrected chi connectivity index (χ3v) is 6.36. The lowest BCUT2D eigenvalue weighted by atomic mass is 9.99. The van der Waals surface area contributed by atoms with E-state index in [9.17, 15) is 9.59 Å². The highest BCUT2D eigenvalue weighted by atomic mass is 16.2. The highest BCUT2D eigenvalue weighted by Gasteiger charge is 2.41. The predicted octanol–water partition coefficient (Wildman–Crippen LogP) is 1.90. The second kappa shape index (κ2) is 8.45. The number of carbonyl (C=O) groups is 2. The monoisotopic (exact) mass is 430 g/mol. The van der Waals surface area contributed by atoms with Crippen LogP contribution in [0.1, 0.15) is 27.8 Å². The summed E-state index contributed by atoms with van der Waals surface area (Å²) in [4.78, 5) is 41.6. The molecule has 0 unspecified atom stereocenters. The Hall–Kier alpha value is -3.68. The first-order valence-corrected chi connectivity index (χ1v) is 10.9. The van der Waals surface area contributed by atoms with Crippen molar-refractivity contribution in [2.45, 2.75) is 12.5 Å². The smallest absolute Gasteiger partial charge is 0.254 e. The minimum Gasteiger partial charge on any atom is -0.368 e. The molecule has 0 radical (unpaired) electrons. The molecule has 1 fully saturated rings. The van der Waals surface area contributed by atoms with E-state index in [1.807, 2.05) is 46.8 Å². The number of hydrogen-bond donors (Lipinski definition) is 0. The van der Waals surface area contributed by atoms with Crippen molar-refractivity contribution in [3.8, 4) is 0 Å².